The van der Waals surface area contributed by atoms with Gasteiger partial charge in [0.1, 0.15) is 0 Å². The molecule has 3 unspecified atom stereocenters. The van der Waals surface area contributed by atoms with E-state index in [4.69, 9.17) is 11.6 Å². The van der Waals surface area contributed by atoms with E-state index in [-0.39, 0.29) is 6.61 Å². The SMILES string of the molecule is OCC1CC2Cc3[nH]ncc3C(C1)N2Sc1ccc(Cl)cc1. The Hall–Kier alpha value is -1.01. The van der Waals surface area contributed by atoms with Crippen molar-refractivity contribution in [2.45, 2.75) is 36.2 Å². The largest absolute Gasteiger partial charge is 0.396 e. The number of aromatic amines is 1. The van der Waals surface area contributed by atoms with Gasteiger partial charge in [-0.2, -0.15) is 5.10 Å². The van der Waals surface area contributed by atoms with Gasteiger partial charge in [-0.1, -0.05) is 11.6 Å². The van der Waals surface area contributed by atoms with Crippen LogP contribution >= 0.6 is 23.5 Å². The number of aliphatic hydroxyl groups is 1. The summed E-state index contributed by atoms with van der Waals surface area (Å²) in [5.74, 6) is 0.389. The number of hydrogen-bond donors (Lipinski definition) is 2. The molecule has 116 valence electrons. The van der Waals surface area contributed by atoms with Crippen LogP contribution in [0.1, 0.15) is 30.1 Å². The Balaban J connectivity index is 1.63. The highest BCUT2D eigenvalue weighted by Crippen LogP contribution is 2.48. The number of halogens is 1. The summed E-state index contributed by atoms with van der Waals surface area (Å²) >= 11 is 7.77. The highest BCUT2D eigenvalue weighted by molar-refractivity contribution is 7.97. The summed E-state index contributed by atoms with van der Waals surface area (Å²) in [6.07, 6.45) is 4.94. The lowest BCUT2D eigenvalue weighted by atomic mass is 9.80. The second-order valence-corrected chi connectivity index (χ2v) is 7.61. The Bertz CT molecular complexity index is 660. The number of fused-ring (bicyclic) bond motifs is 4. The number of rotatable bonds is 3. The van der Waals surface area contributed by atoms with Crippen LogP contribution in [-0.2, 0) is 6.42 Å². The zero-order valence-electron chi connectivity index (χ0n) is 12.1. The minimum atomic E-state index is 0.277. The van der Waals surface area contributed by atoms with E-state index in [1.165, 1.54) is 16.2 Å². The molecule has 3 heterocycles. The molecule has 0 spiro atoms. The molecule has 6 heteroatoms. The fourth-order valence-corrected chi connectivity index (χ4v) is 4.87. The number of H-pyrrole nitrogens is 1. The van der Waals surface area contributed by atoms with Crippen LogP contribution < -0.4 is 0 Å². The molecule has 3 atom stereocenters. The summed E-state index contributed by atoms with van der Waals surface area (Å²) in [7, 11) is 0. The van der Waals surface area contributed by atoms with Gasteiger partial charge in [-0.25, -0.2) is 4.31 Å². The quantitative estimate of drug-likeness (QED) is 0.844. The fourth-order valence-electron chi connectivity index (χ4n) is 3.61. The molecule has 2 aliphatic rings. The van der Waals surface area contributed by atoms with Crippen LogP contribution in [0.3, 0.4) is 0 Å². The van der Waals surface area contributed by atoms with E-state index in [1.807, 2.05) is 18.3 Å². The maximum Gasteiger partial charge on any atom is 0.0538 e. The van der Waals surface area contributed by atoms with E-state index in [1.54, 1.807) is 11.9 Å². The molecule has 4 rings (SSSR count). The van der Waals surface area contributed by atoms with E-state index in [0.717, 1.165) is 24.3 Å². The molecule has 2 N–H and O–H groups in total. The first-order chi connectivity index (χ1) is 10.7. The van der Waals surface area contributed by atoms with Crippen molar-refractivity contribution < 1.29 is 5.11 Å². The van der Waals surface area contributed by atoms with Crippen molar-refractivity contribution in [3.8, 4) is 0 Å². The Morgan fingerprint density at radius 2 is 2.14 bits per heavy atom. The number of nitrogens with zero attached hydrogens (tertiary/aromatic N) is 2. The predicted octanol–water partition coefficient (Wildman–Crippen LogP) is 3.44. The summed E-state index contributed by atoms with van der Waals surface area (Å²) < 4.78 is 2.49. The summed E-state index contributed by atoms with van der Waals surface area (Å²) in [6.45, 7) is 0.277. The Labute approximate surface area is 139 Å². The molecule has 1 fully saturated rings. The zero-order valence-corrected chi connectivity index (χ0v) is 13.6. The molecule has 0 amide bonds. The third-order valence-electron chi connectivity index (χ3n) is 4.66. The van der Waals surface area contributed by atoms with Gasteiger partial charge in [-0.3, -0.25) is 5.10 Å². The molecular weight excluding hydrogens is 318 g/mol. The van der Waals surface area contributed by atoms with Gasteiger partial charge < -0.3 is 5.11 Å². The molecule has 0 radical (unpaired) electrons. The molecule has 1 aromatic heterocycles. The zero-order chi connectivity index (χ0) is 15.1. The van der Waals surface area contributed by atoms with Gasteiger partial charge >= 0.3 is 0 Å². The number of benzene rings is 1. The lowest BCUT2D eigenvalue weighted by Crippen LogP contribution is -2.45. The van der Waals surface area contributed by atoms with Gasteiger partial charge in [0.25, 0.3) is 0 Å². The lowest BCUT2D eigenvalue weighted by molar-refractivity contribution is 0.0892. The minimum Gasteiger partial charge on any atom is -0.396 e. The third kappa shape index (κ3) is 2.56. The predicted molar refractivity (Wildman–Crippen MR) is 87.8 cm³/mol. The lowest BCUT2D eigenvalue weighted by Gasteiger charge is -2.47. The Morgan fingerprint density at radius 3 is 2.91 bits per heavy atom. The number of aromatic nitrogens is 2. The monoisotopic (exact) mass is 335 g/mol. The van der Waals surface area contributed by atoms with Crippen molar-refractivity contribution in [3.63, 3.8) is 0 Å². The van der Waals surface area contributed by atoms with Gasteiger partial charge in [0.05, 0.1) is 6.20 Å². The van der Waals surface area contributed by atoms with Crippen molar-refractivity contribution in [2.75, 3.05) is 6.61 Å². The highest BCUT2D eigenvalue weighted by atomic mass is 35.5. The summed E-state index contributed by atoms with van der Waals surface area (Å²) in [6, 6.07) is 8.75. The maximum absolute atomic E-state index is 9.59. The van der Waals surface area contributed by atoms with Gasteiger partial charge in [-0.15, -0.1) is 0 Å². The van der Waals surface area contributed by atoms with Crippen molar-refractivity contribution >= 4 is 23.5 Å². The third-order valence-corrected chi connectivity index (χ3v) is 6.16. The number of piperidine rings is 1. The molecule has 2 aromatic rings. The molecule has 22 heavy (non-hydrogen) atoms. The molecule has 0 aliphatic carbocycles. The minimum absolute atomic E-state index is 0.277. The average molecular weight is 336 g/mol. The topological polar surface area (TPSA) is 52.1 Å². The van der Waals surface area contributed by atoms with Crippen molar-refractivity contribution in [2.24, 2.45) is 5.92 Å². The van der Waals surface area contributed by atoms with Crippen LogP contribution in [0.4, 0.5) is 0 Å². The van der Waals surface area contributed by atoms with E-state index in [2.05, 4.69) is 26.6 Å². The first-order valence-electron chi connectivity index (χ1n) is 7.59. The smallest absolute Gasteiger partial charge is 0.0538 e. The number of aliphatic hydroxyl groups excluding tert-OH is 1. The number of nitrogens with one attached hydrogen (secondary N) is 1. The maximum atomic E-state index is 9.59. The molecule has 1 aromatic carbocycles. The summed E-state index contributed by atoms with van der Waals surface area (Å²) in [5, 5.41) is 17.7. The van der Waals surface area contributed by atoms with Gasteiger partial charge in [-0.05, 0) is 55.0 Å². The van der Waals surface area contributed by atoms with Crippen LogP contribution in [0.25, 0.3) is 0 Å². The second kappa shape index (κ2) is 5.89. The van der Waals surface area contributed by atoms with Crippen LogP contribution in [0, 0.1) is 5.92 Å². The summed E-state index contributed by atoms with van der Waals surface area (Å²) in [4.78, 5) is 1.20. The van der Waals surface area contributed by atoms with Crippen LogP contribution in [0.15, 0.2) is 35.4 Å². The van der Waals surface area contributed by atoms with Crippen molar-refractivity contribution in [1.29, 1.82) is 0 Å². The van der Waals surface area contributed by atoms with Crippen molar-refractivity contribution in [1.82, 2.24) is 14.5 Å². The molecule has 1 saturated heterocycles. The van der Waals surface area contributed by atoms with Crippen LogP contribution in [-0.4, -0.2) is 32.3 Å². The standard InChI is InChI=1S/C16H18ClN3OS/c17-11-1-3-13(4-2-11)22-20-12-5-10(9-21)6-16(20)14-8-18-19-15(14)7-12/h1-4,8,10,12,16,21H,5-7,9H2,(H,18,19). The average Bonchev–Trinajstić information content (AvgIpc) is 2.97. The molecule has 2 aliphatic heterocycles. The molecule has 0 saturated carbocycles. The van der Waals surface area contributed by atoms with Gasteiger partial charge in [0.15, 0.2) is 0 Å². The Kier molecular flexibility index (Phi) is 3.90. The van der Waals surface area contributed by atoms with E-state index < -0.39 is 0 Å². The van der Waals surface area contributed by atoms with Crippen molar-refractivity contribution in [3.05, 3.63) is 46.7 Å². The van der Waals surface area contributed by atoms with Gasteiger partial charge in [0, 0.05) is 46.3 Å². The molecular formula is C16H18ClN3OS. The van der Waals surface area contributed by atoms with E-state index >= 15 is 0 Å². The molecule has 2 bridgehead atoms. The highest BCUT2D eigenvalue weighted by Gasteiger charge is 2.42. The van der Waals surface area contributed by atoms with Gasteiger partial charge in [0.2, 0.25) is 0 Å². The molecule has 4 nitrogen and oxygen atoms in total. The fraction of sp³-hybridized carbons (Fsp3) is 0.438. The Morgan fingerprint density at radius 1 is 1.32 bits per heavy atom. The first-order valence-corrected chi connectivity index (χ1v) is 8.74. The normalized spacial score (nSPS) is 27.6. The van der Waals surface area contributed by atoms with E-state index in [0.29, 0.717) is 18.0 Å². The summed E-state index contributed by atoms with van der Waals surface area (Å²) in [5.41, 5.74) is 2.55. The number of hydrogen-bond acceptors (Lipinski definition) is 4. The van der Waals surface area contributed by atoms with Crippen LogP contribution in [0.5, 0.6) is 0 Å². The first kappa shape index (κ1) is 14.6. The second-order valence-electron chi connectivity index (χ2n) is 6.10. The van der Waals surface area contributed by atoms with Crippen LogP contribution in [0.2, 0.25) is 5.02 Å². The van der Waals surface area contributed by atoms with E-state index in [9.17, 15) is 5.11 Å².